The summed E-state index contributed by atoms with van der Waals surface area (Å²) < 4.78 is 28.5. The Morgan fingerprint density at radius 2 is 1.81 bits per heavy atom. The van der Waals surface area contributed by atoms with Crippen LogP contribution in [-0.4, -0.2) is 33.0 Å². The number of rotatable bonds is 6. The van der Waals surface area contributed by atoms with Gasteiger partial charge in [-0.3, -0.25) is 4.90 Å². The van der Waals surface area contributed by atoms with Gasteiger partial charge in [-0.15, -0.1) is 0 Å². The van der Waals surface area contributed by atoms with Crippen LogP contribution in [0.1, 0.15) is 48.4 Å². The molecular formula is C20H28N2O2S2. The lowest BCUT2D eigenvalue weighted by Gasteiger charge is -2.30. The van der Waals surface area contributed by atoms with Gasteiger partial charge in [-0.25, -0.2) is 13.1 Å². The smallest absolute Gasteiger partial charge is 0.240 e. The maximum absolute atomic E-state index is 12.8. The molecule has 1 unspecified atom stereocenters. The predicted molar refractivity (Wildman–Crippen MR) is 108 cm³/mol. The fourth-order valence-electron chi connectivity index (χ4n) is 3.48. The molecular weight excluding hydrogens is 364 g/mol. The molecule has 0 aliphatic carbocycles. The van der Waals surface area contributed by atoms with E-state index in [0.29, 0.717) is 11.4 Å². The third-order valence-corrected chi connectivity index (χ3v) is 7.39. The zero-order valence-corrected chi connectivity index (χ0v) is 17.2. The van der Waals surface area contributed by atoms with Gasteiger partial charge in [0.1, 0.15) is 0 Å². The highest BCUT2D eigenvalue weighted by Gasteiger charge is 2.24. The van der Waals surface area contributed by atoms with Crippen LogP contribution in [-0.2, 0) is 10.0 Å². The summed E-state index contributed by atoms with van der Waals surface area (Å²) in [6.45, 7) is 6.41. The van der Waals surface area contributed by atoms with Crippen LogP contribution in [0.25, 0.3) is 0 Å². The molecule has 1 fully saturated rings. The first-order valence-corrected chi connectivity index (χ1v) is 11.7. The van der Waals surface area contributed by atoms with Crippen molar-refractivity contribution in [3.63, 3.8) is 0 Å². The average molecular weight is 393 g/mol. The summed E-state index contributed by atoms with van der Waals surface area (Å²) in [6.07, 6.45) is 4.90. The van der Waals surface area contributed by atoms with Gasteiger partial charge in [-0.1, -0.05) is 18.9 Å². The van der Waals surface area contributed by atoms with Crippen LogP contribution in [0.2, 0.25) is 0 Å². The Labute approximate surface area is 161 Å². The molecule has 2 aromatic rings. The Morgan fingerprint density at radius 1 is 1.08 bits per heavy atom. The first-order chi connectivity index (χ1) is 12.5. The molecule has 1 aliphatic rings. The quantitative estimate of drug-likeness (QED) is 0.799. The Hall–Kier alpha value is -1.21. The molecule has 3 rings (SSSR count). The number of nitrogens with one attached hydrogen (secondary N) is 1. The van der Waals surface area contributed by atoms with Crippen molar-refractivity contribution in [2.75, 3.05) is 19.6 Å². The molecule has 0 bridgehead atoms. The molecule has 4 nitrogen and oxygen atoms in total. The number of thiophene rings is 1. The van der Waals surface area contributed by atoms with Crippen molar-refractivity contribution in [2.45, 2.75) is 50.5 Å². The molecule has 26 heavy (non-hydrogen) atoms. The monoisotopic (exact) mass is 392 g/mol. The van der Waals surface area contributed by atoms with Crippen molar-refractivity contribution in [1.29, 1.82) is 0 Å². The highest BCUT2D eigenvalue weighted by Crippen LogP contribution is 2.26. The lowest BCUT2D eigenvalue weighted by atomic mass is 10.1. The van der Waals surface area contributed by atoms with Crippen LogP contribution < -0.4 is 4.72 Å². The number of sulfonamides is 1. The summed E-state index contributed by atoms with van der Waals surface area (Å²) in [5, 5.41) is 4.21. The normalized spacial score (nSPS) is 17.8. The van der Waals surface area contributed by atoms with Gasteiger partial charge in [-0.2, -0.15) is 11.3 Å². The van der Waals surface area contributed by atoms with Crippen molar-refractivity contribution in [1.82, 2.24) is 9.62 Å². The van der Waals surface area contributed by atoms with Gasteiger partial charge in [0.05, 0.1) is 4.90 Å². The van der Waals surface area contributed by atoms with E-state index < -0.39 is 10.0 Å². The Morgan fingerprint density at radius 3 is 2.42 bits per heavy atom. The number of nitrogens with zero attached hydrogens (tertiary/aromatic N) is 1. The van der Waals surface area contributed by atoms with Gasteiger partial charge in [0.15, 0.2) is 0 Å². The number of hydrogen-bond acceptors (Lipinski definition) is 4. The van der Waals surface area contributed by atoms with E-state index in [1.807, 2.05) is 19.9 Å². The number of likely N-dealkylation sites (tertiary alicyclic amines) is 1. The standard InChI is InChI=1S/C20H28N2O2S2/c1-16-7-8-19(13-17(16)2)26(23,24)21-14-20(18-9-12-25-15-18)22-10-5-3-4-6-11-22/h7-9,12-13,15,20-21H,3-6,10-11,14H2,1-2H3. The third-order valence-electron chi connectivity index (χ3n) is 5.26. The second-order valence-corrected chi connectivity index (χ2v) is 9.67. The SMILES string of the molecule is Cc1ccc(S(=O)(=O)NCC(c2ccsc2)N2CCCCCC2)cc1C. The van der Waals surface area contributed by atoms with Crippen molar-refractivity contribution < 1.29 is 8.42 Å². The molecule has 1 saturated heterocycles. The van der Waals surface area contributed by atoms with Gasteiger partial charge in [0, 0.05) is 12.6 Å². The first kappa shape index (κ1) is 19.5. The molecule has 1 atom stereocenters. The number of hydrogen-bond donors (Lipinski definition) is 1. The molecule has 1 aromatic carbocycles. The Balaban J connectivity index is 1.77. The lowest BCUT2D eigenvalue weighted by molar-refractivity contribution is 0.206. The number of benzene rings is 1. The minimum atomic E-state index is -3.51. The zero-order chi connectivity index (χ0) is 18.6. The van der Waals surface area contributed by atoms with E-state index in [2.05, 4.69) is 26.4 Å². The molecule has 2 heterocycles. The summed E-state index contributed by atoms with van der Waals surface area (Å²) in [7, 11) is -3.51. The number of aryl methyl sites for hydroxylation is 2. The van der Waals surface area contributed by atoms with Crippen LogP contribution in [0.3, 0.4) is 0 Å². The molecule has 0 radical (unpaired) electrons. The molecule has 6 heteroatoms. The Kier molecular flexibility index (Phi) is 6.51. The maximum atomic E-state index is 12.8. The topological polar surface area (TPSA) is 49.4 Å². The van der Waals surface area contributed by atoms with Gasteiger partial charge >= 0.3 is 0 Å². The minimum absolute atomic E-state index is 0.0978. The van der Waals surface area contributed by atoms with Gasteiger partial charge in [0.2, 0.25) is 10.0 Å². The van der Waals surface area contributed by atoms with Crippen LogP contribution in [0.4, 0.5) is 0 Å². The predicted octanol–water partition coefficient (Wildman–Crippen LogP) is 4.26. The summed E-state index contributed by atoms with van der Waals surface area (Å²) in [4.78, 5) is 2.79. The van der Waals surface area contributed by atoms with Crippen molar-refractivity contribution >= 4 is 21.4 Å². The lowest BCUT2D eigenvalue weighted by Crippen LogP contribution is -2.38. The maximum Gasteiger partial charge on any atom is 0.240 e. The van der Waals surface area contributed by atoms with E-state index in [9.17, 15) is 8.42 Å². The molecule has 142 valence electrons. The van der Waals surface area contributed by atoms with E-state index in [0.717, 1.165) is 24.2 Å². The fourth-order valence-corrected chi connectivity index (χ4v) is 5.31. The van der Waals surface area contributed by atoms with Crippen LogP contribution in [0.5, 0.6) is 0 Å². The second kappa shape index (κ2) is 8.65. The van der Waals surface area contributed by atoms with E-state index in [4.69, 9.17) is 0 Å². The van der Waals surface area contributed by atoms with Crippen LogP contribution in [0.15, 0.2) is 39.9 Å². The molecule has 0 saturated carbocycles. The van der Waals surface area contributed by atoms with Crippen LogP contribution in [0, 0.1) is 13.8 Å². The van der Waals surface area contributed by atoms with Gasteiger partial charge in [-0.05, 0) is 85.4 Å². The minimum Gasteiger partial charge on any atom is -0.295 e. The molecule has 1 aliphatic heterocycles. The Bertz CT molecular complexity index is 808. The second-order valence-electron chi connectivity index (χ2n) is 7.12. The van der Waals surface area contributed by atoms with Crippen molar-refractivity contribution in [2.24, 2.45) is 0 Å². The molecule has 1 aromatic heterocycles. The van der Waals surface area contributed by atoms with Crippen LogP contribution >= 0.6 is 11.3 Å². The average Bonchev–Trinajstić information content (AvgIpc) is 3.00. The summed E-state index contributed by atoms with van der Waals surface area (Å²) in [5.74, 6) is 0. The largest absolute Gasteiger partial charge is 0.295 e. The highest BCUT2D eigenvalue weighted by molar-refractivity contribution is 7.89. The highest BCUT2D eigenvalue weighted by atomic mass is 32.2. The van der Waals surface area contributed by atoms with Crippen molar-refractivity contribution in [3.05, 3.63) is 51.7 Å². The molecule has 1 N–H and O–H groups in total. The fraction of sp³-hybridized carbons (Fsp3) is 0.500. The molecule has 0 amide bonds. The van der Waals surface area contributed by atoms with E-state index >= 15 is 0 Å². The van der Waals surface area contributed by atoms with E-state index in [1.54, 1.807) is 23.5 Å². The van der Waals surface area contributed by atoms with E-state index in [1.165, 1.54) is 31.2 Å². The molecule has 0 spiro atoms. The third kappa shape index (κ3) is 4.74. The van der Waals surface area contributed by atoms with E-state index in [-0.39, 0.29) is 6.04 Å². The van der Waals surface area contributed by atoms with Gasteiger partial charge < -0.3 is 0 Å². The summed E-state index contributed by atoms with van der Waals surface area (Å²) in [6, 6.07) is 7.53. The summed E-state index contributed by atoms with van der Waals surface area (Å²) in [5.41, 5.74) is 3.30. The first-order valence-electron chi connectivity index (χ1n) is 9.30. The summed E-state index contributed by atoms with van der Waals surface area (Å²) >= 11 is 1.67. The van der Waals surface area contributed by atoms with Gasteiger partial charge in [0.25, 0.3) is 0 Å². The zero-order valence-electron chi connectivity index (χ0n) is 15.6. The van der Waals surface area contributed by atoms with Crippen molar-refractivity contribution in [3.8, 4) is 0 Å².